The molecule has 0 bridgehead atoms. The van der Waals surface area contributed by atoms with Crippen LogP contribution in [0.25, 0.3) is 0 Å². The second kappa shape index (κ2) is 5.18. The molecule has 0 rings (SSSR count). The van der Waals surface area contributed by atoms with Gasteiger partial charge in [0.1, 0.15) is 12.8 Å². The summed E-state index contributed by atoms with van der Waals surface area (Å²) in [6, 6.07) is 0. The Morgan fingerprint density at radius 3 is 2.00 bits per heavy atom. The molecule has 56 valence electrons. The quantitative estimate of drug-likeness (QED) is 0.354. The van der Waals surface area contributed by atoms with Crippen LogP contribution >= 0.6 is 7.72 Å². The zero-order valence-electron chi connectivity index (χ0n) is 5.03. The van der Waals surface area contributed by atoms with Gasteiger partial charge in [-0.2, -0.15) is 0 Å². The zero-order valence-corrected chi connectivity index (χ0v) is 7.51. The van der Waals surface area contributed by atoms with Gasteiger partial charge in [-0.15, -0.1) is 0 Å². The first-order valence-corrected chi connectivity index (χ1v) is 4.49. The van der Waals surface area contributed by atoms with Crippen LogP contribution in [0.2, 0.25) is 0 Å². The van der Waals surface area contributed by atoms with E-state index < -0.39 is 7.72 Å². The molecule has 0 unspecified atom stereocenters. The fourth-order valence-corrected chi connectivity index (χ4v) is 0.740. The largest absolute Gasteiger partial charge is 1.00 e. The summed E-state index contributed by atoms with van der Waals surface area (Å²) in [6.07, 6.45) is 2.28. The molecule has 0 atom stereocenters. The monoisotopic (exact) mass is 216 g/mol. The molecule has 0 aromatic heterocycles. The molecule has 5 heteroatoms. The van der Waals surface area contributed by atoms with Gasteiger partial charge < -0.3 is 22.1 Å². The number of halogens is 1. The lowest BCUT2D eigenvalue weighted by Gasteiger charge is -1.99. The highest BCUT2D eigenvalue weighted by molar-refractivity contribution is 7.63. The number of allylic oxidation sites excluding steroid dienone is 1. The molecule has 0 aliphatic heterocycles. The molecule has 0 aliphatic rings. The summed E-state index contributed by atoms with van der Waals surface area (Å²) in [5.41, 5.74) is 0. The Kier molecular flexibility index (Phi) is 6.95. The minimum atomic E-state index is -2.68. The van der Waals surface area contributed by atoms with Crippen molar-refractivity contribution in [3.05, 3.63) is 12.3 Å². The van der Waals surface area contributed by atoms with Gasteiger partial charge in [-0.1, -0.05) is 0 Å². The van der Waals surface area contributed by atoms with Crippen LogP contribution in [0.1, 0.15) is 0 Å². The molecule has 0 saturated heterocycles. The predicted molar refractivity (Wildman–Crippen MR) is 33.9 cm³/mol. The van der Waals surface area contributed by atoms with Crippen molar-refractivity contribution in [2.24, 2.45) is 0 Å². The molecular formula is C4H10BrO3P. The van der Waals surface area contributed by atoms with Crippen LogP contribution in [-0.2, 0) is 0 Å². The topological polar surface area (TPSA) is 60.7 Å². The Morgan fingerprint density at radius 1 is 1.44 bits per heavy atom. The van der Waals surface area contributed by atoms with Crippen LogP contribution < -0.4 is 17.0 Å². The SMILES string of the molecule is C[P+](O)(O)CC=CO.[Br-]. The fraction of sp³-hybridized carbons (Fsp3) is 0.500. The summed E-state index contributed by atoms with van der Waals surface area (Å²) in [6.45, 7) is 1.35. The second-order valence-corrected chi connectivity index (χ2v) is 4.20. The Balaban J connectivity index is 0. The average molecular weight is 217 g/mol. The van der Waals surface area contributed by atoms with Crippen molar-refractivity contribution in [2.45, 2.75) is 0 Å². The van der Waals surface area contributed by atoms with Crippen LogP contribution in [0.5, 0.6) is 0 Å². The molecular weight excluding hydrogens is 207 g/mol. The van der Waals surface area contributed by atoms with Crippen LogP contribution in [0, 0.1) is 0 Å². The highest BCUT2D eigenvalue weighted by Gasteiger charge is 2.21. The van der Waals surface area contributed by atoms with Gasteiger partial charge in [0.15, 0.2) is 0 Å². The third kappa shape index (κ3) is 11.8. The number of hydrogen-bond donors (Lipinski definition) is 3. The van der Waals surface area contributed by atoms with E-state index in [2.05, 4.69) is 0 Å². The second-order valence-electron chi connectivity index (χ2n) is 1.66. The van der Waals surface area contributed by atoms with Crippen LogP contribution in [0.4, 0.5) is 0 Å². The Morgan fingerprint density at radius 2 is 1.89 bits per heavy atom. The van der Waals surface area contributed by atoms with E-state index in [0.29, 0.717) is 0 Å². The van der Waals surface area contributed by atoms with E-state index in [0.717, 1.165) is 6.26 Å². The lowest BCUT2D eigenvalue weighted by Crippen LogP contribution is -3.00. The third-order valence-electron chi connectivity index (χ3n) is 0.557. The van der Waals surface area contributed by atoms with E-state index in [9.17, 15) is 0 Å². The fourth-order valence-electron chi connectivity index (χ4n) is 0.247. The van der Waals surface area contributed by atoms with Crippen molar-refractivity contribution in [3.63, 3.8) is 0 Å². The van der Waals surface area contributed by atoms with Crippen molar-refractivity contribution < 1.29 is 31.9 Å². The van der Waals surface area contributed by atoms with Crippen molar-refractivity contribution in [3.8, 4) is 0 Å². The van der Waals surface area contributed by atoms with E-state index in [1.54, 1.807) is 0 Å². The first-order valence-electron chi connectivity index (χ1n) is 2.16. The maximum Gasteiger partial charge on any atom is 0.268 e. The Labute approximate surface area is 65.3 Å². The molecule has 0 aromatic carbocycles. The number of aliphatic hydroxyl groups is 1. The maximum absolute atomic E-state index is 8.65. The normalized spacial score (nSPS) is 11.4. The van der Waals surface area contributed by atoms with Gasteiger partial charge in [0, 0.05) is 0 Å². The molecule has 3 N–H and O–H groups in total. The molecule has 0 aromatic rings. The minimum Gasteiger partial charge on any atom is -1.00 e. The lowest BCUT2D eigenvalue weighted by atomic mass is 10.7. The van der Waals surface area contributed by atoms with Gasteiger partial charge in [-0.05, 0) is 6.08 Å². The molecule has 0 radical (unpaired) electrons. The molecule has 0 heterocycles. The van der Waals surface area contributed by atoms with Crippen molar-refractivity contribution in [1.82, 2.24) is 0 Å². The van der Waals surface area contributed by atoms with Crippen LogP contribution in [0.3, 0.4) is 0 Å². The van der Waals surface area contributed by atoms with Crippen LogP contribution in [-0.4, -0.2) is 27.7 Å². The van der Waals surface area contributed by atoms with Gasteiger partial charge in [0.2, 0.25) is 0 Å². The van der Waals surface area contributed by atoms with Gasteiger partial charge in [0.05, 0.1) is 6.26 Å². The van der Waals surface area contributed by atoms with Crippen LogP contribution in [0.15, 0.2) is 12.3 Å². The van der Waals surface area contributed by atoms with Crippen molar-refractivity contribution in [2.75, 3.05) is 12.8 Å². The van der Waals surface area contributed by atoms with E-state index >= 15 is 0 Å². The highest BCUT2D eigenvalue weighted by atomic mass is 79.9. The average Bonchev–Trinajstić information content (AvgIpc) is 1.59. The number of hydrogen-bond acceptors (Lipinski definition) is 3. The van der Waals surface area contributed by atoms with Crippen molar-refractivity contribution in [1.29, 1.82) is 0 Å². The first kappa shape index (κ1) is 12.1. The summed E-state index contributed by atoms with van der Waals surface area (Å²) in [4.78, 5) is 17.3. The maximum atomic E-state index is 8.65. The smallest absolute Gasteiger partial charge is 0.268 e. The van der Waals surface area contributed by atoms with E-state index in [1.165, 1.54) is 12.7 Å². The third-order valence-corrected chi connectivity index (χ3v) is 1.46. The minimum absolute atomic E-state index is 0. The summed E-state index contributed by atoms with van der Waals surface area (Å²) >= 11 is 0. The molecule has 0 aliphatic carbocycles. The zero-order chi connectivity index (χ0) is 6.62. The molecule has 9 heavy (non-hydrogen) atoms. The van der Waals surface area contributed by atoms with Crippen molar-refractivity contribution >= 4 is 7.72 Å². The van der Waals surface area contributed by atoms with E-state index in [1.807, 2.05) is 0 Å². The first-order chi connectivity index (χ1) is 3.56. The van der Waals surface area contributed by atoms with E-state index in [4.69, 9.17) is 14.9 Å². The summed E-state index contributed by atoms with van der Waals surface area (Å²) in [5.74, 6) is 0. The van der Waals surface area contributed by atoms with Gasteiger partial charge in [0.25, 0.3) is 7.72 Å². The summed E-state index contributed by atoms with van der Waals surface area (Å²) in [5, 5.41) is 8.04. The van der Waals surface area contributed by atoms with Gasteiger partial charge in [-0.25, -0.2) is 9.79 Å². The molecule has 0 fully saturated rings. The molecule has 0 saturated carbocycles. The molecule has 0 amide bonds. The van der Waals surface area contributed by atoms with E-state index in [-0.39, 0.29) is 23.1 Å². The highest BCUT2D eigenvalue weighted by Crippen LogP contribution is 2.44. The summed E-state index contributed by atoms with van der Waals surface area (Å²) < 4.78 is 0. The predicted octanol–water partition coefficient (Wildman–Crippen LogP) is -2.48. The van der Waals surface area contributed by atoms with Gasteiger partial charge in [-0.3, -0.25) is 0 Å². The summed E-state index contributed by atoms with van der Waals surface area (Å²) in [7, 11) is -2.68. The number of rotatable bonds is 2. The Hall–Kier alpha value is 0.370. The molecule has 3 nitrogen and oxygen atoms in total. The standard InChI is InChI=1S/C4H9O3P.BrH/c1-8(6,7)4-2-3-5;/h2-3,6-7H,4H2,1H3;1H. The number of aliphatic hydroxyl groups excluding tert-OH is 1. The molecule has 0 spiro atoms. The Bertz CT molecular complexity index is 88.3. The van der Waals surface area contributed by atoms with Gasteiger partial charge >= 0.3 is 0 Å². The lowest BCUT2D eigenvalue weighted by molar-refractivity contribution is -0.00000568.